The smallest absolute Gasteiger partial charge is 0.340 e. The predicted octanol–water partition coefficient (Wildman–Crippen LogP) is 5.80. The zero-order valence-corrected chi connectivity index (χ0v) is 20.8. The number of nitrogens with one attached hydrogen (secondary N) is 1. The monoisotopic (exact) mass is 492 g/mol. The summed E-state index contributed by atoms with van der Waals surface area (Å²) >= 11 is 0. The predicted molar refractivity (Wildman–Crippen MR) is 143 cm³/mol. The Morgan fingerprint density at radius 2 is 1.32 bits per heavy atom. The fourth-order valence-electron chi connectivity index (χ4n) is 3.90. The Hall–Kier alpha value is -4.71. The fraction of sp³-hybridized carbons (Fsp3) is 0.129. The maximum Gasteiger partial charge on any atom is 0.340 e. The number of hydrogen-bond donors (Lipinski definition) is 1. The highest BCUT2D eigenvalue weighted by molar-refractivity contribution is 6.06. The Morgan fingerprint density at radius 1 is 0.757 bits per heavy atom. The lowest BCUT2D eigenvalue weighted by molar-refractivity contribution is -0.125. The number of aryl methyl sites for hydroxylation is 1. The van der Waals surface area contributed by atoms with Gasteiger partial charge in [0.15, 0.2) is 0 Å². The molecule has 0 aliphatic heterocycles. The van der Waals surface area contributed by atoms with Crippen molar-refractivity contribution in [3.8, 4) is 0 Å². The van der Waals surface area contributed by atoms with Gasteiger partial charge in [0.2, 0.25) is 6.10 Å². The number of nitrogens with zero attached hydrogens (tertiary/aromatic N) is 1. The highest BCUT2D eigenvalue weighted by Crippen LogP contribution is 2.24. The first-order chi connectivity index (χ1) is 17.9. The molecular formula is C31H28N2O4. The first kappa shape index (κ1) is 25.4. The van der Waals surface area contributed by atoms with Crippen LogP contribution in [0.3, 0.4) is 0 Å². The van der Waals surface area contributed by atoms with Gasteiger partial charge in [0.1, 0.15) is 0 Å². The lowest BCUT2D eigenvalue weighted by Crippen LogP contribution is -2.29. The molecule has 6 heteroatoms. The molecule has 0 saturated heterocycles. The number of carbonyl (C=O) groups is 3. The van der Waals surface area contributed by atoms with Crippen molar-refractivity contribution >= 4 is 23.5 Å². The van der Waals surface area contributed by atoms with Gasteiger partial charge in [-0.25, -0.2) is 4.79 Å². The molecule has 4 aromatic rings. The highest BCUT2D eigenvalue weighted by Gasteiger charge is 2.28. The van der Waals surface area contributed by atoms with Crippen LogP contribution in [0.15, 0.2) is 109 Å². The number of esters is 1. The van der Waals surface area contributed by atoms with Gasteiger partial charge in [0.25, 0.3) is 11.8 Å². The van der Waals surface area contributed by atoms with Crippen molar-refractivity contribution < 1.29 is 19.1 Å². The minimum Gasteiger partial charge on any atom is -0.444 e. The summed E-state index contributed by atoms with van der Waals surface area (Å²) in [7, 11) is 1.68. The molecule has 0 aliphatic rings. The number of ether oxygens (including phenoxy) is 1. The van der Waals surface area contributed by atoms with E-state index in [2.05, 4.69) is 5.32 Å². The van der Waals surface area contributed by atoms with E-state index in [0.29, 0.717) is 17.8 Å². The van der Waals surface area contributed by atoms with Crippen LogP contribution in [0.4, 0.5) is 5.69 Å². The molecule has 6 nitrogen and oxygen atoms in total. The van der Waals surface area contributed by atoms with E-state index in [1.165, 1.54) is 6.07 Å². The molecule has 0 spiro atoms. The molecule has 186 valence electrons. The topological polar surface area (TPSA) is 75.7 Å². The lowest BCUT2D eigenvalue weighted by Gasteiger charge is -2.21. The number of hydrogen-bond acceptors (Lipinski definition) is 4. The van der Waals surface area contributed by atoms with Gasteiger partial charge < -0.3 is 15.0 Å². The van der Waals surface area contributed by atoms with Gasteiger partial charge >= 0.3 is 5.97 Å². The van der Waals surface area contributed by atoms with Crippen molar-refractivity contribution in [3.05, 3.63) is 137 Å². The Bertz CT molecular complexity index is 1370. The molecule has 0 aromatic heterocycles. The molecule has 0 radical (unpaired) electrons. The Morgan fingerprint density at radius 3 is 1.97 bits per heavy atom. The van der Waals surface area contributed by atoms with Gasteiger partial charge in [-0.3, -0.25) is 9.59 Å². The van der Waals surface area contributed by atoms with Gasteiger partial charge in [0.05, 0.1) is 11.1 Å². The fourth-order valence-corrected chi connectivity index (χ4v) is 3.90. The van der Waals surface area contributed by atoms with E-state index in [-0.39, 0.29) is 17.0 Å². The van der Waals surface area contributed by atoms with E-state index in [1.807, 2.05) is 55.5 Å². The average Bonchev–Trinajstić information content (AvgIpc) is 2.93. The highest BCUT2D eigenvalue weighted by atomic mass is 16.5. The quantitative estimate of drug-likeness (QED) is 0.315. The van der Waals surface area contributed by atoms with Crippen molar-refractivity contribution in [2.24, 2.45) is 0 Å². The maximum atomic E-state index is 13.4. The molecule has 1 N–H and O–H groups in total. The number of amides is 2. The molecule has 0 bridgehead atoms. The number of rotatable bonds is 8. The third-order valence-corrected chi connectivity index (χ3v) is 5.87. The second-order valence-corrected chi connectivity index (χ2v) is 8.74. The molecule has 37 heavy (non-hydrogen) atoms. The molecule has 0 heterocycles. The standard InChI is InChI=1S/C31H28N2O4/c1-22-17-19-25(20-18-22)32-29(34)28(24-13-7-4-8-14-24)37-31(36)27-16-10-9-15-26(27)30(35)33(2)21-23-11-5-3-6-12-23/h3-20,28H,21H2,1-2H3,(H,32,34). The van der Waals surface area contributed by atoms with Crippen LogP contribution in [0.2, 0.25) is 0 Å². The second kappa shape index (κ2) is 11.8. The Balaban J connectivity index is 1.57. The molecule has 4 rings (SSSR count). The lowest BCUT2D eigenvalue weighted by atomic mass is 10.1. The molecule has 0 fully saturated rings. The zero-order chi connectivity index (χ0) is 26.2. The van der Waals surface area contributed by atoms with Gasteiger partial charge in [-0.2, -0.15) is 0 Å². The van der Waals surface area contributed by atoms with Crippen molar-refractivity contribution in [3.63, 3.8) is 0 Å². The molecule has 1 atom stereocenters. The van der Waals surface area contributed by atoms with E-state index in [0.717, 1.165) is 11.1 Å². The van der Waals surface area contributed by atoms with Gasteiger partial charge in [-0.1, -0.05) is 90.5 Å². The molecule has 0 aliphatic carbocycles. The summed E-state index contributed by atoms with van der Waals surface area (Å²) in [6.07, 6.45) is -1.21. The minimum absolute atomic E-state index is 0.0940. The number of benzene rings is 4. The van der Waals surface area contributed by atoms with Crippen LogP contribution in [0.5, 0.6) is 0 Å². The van der Waals surface area contributed by atoms with Gasteiger partial charge in [-0.15, -0.1) is 0 Å². The van der Waals surface area contributed by atoms with Crippen LogP contribution >= 0.6 is 0 Å². The van der Waals surface area contributed by atoms with Crippen molar-refractivity contribution in [1.82, 2.24) is 4.90 Å². The summed E-state index contributed by atoms with van der Waals surface area (Å²) < 4.78 is 5.75. The van der Waals surface area contributed by atoms with E-state index in [1.54, 1.807) is 66.5 Å². The maximum absolute atomic E-state index is 13.4. The van der Waals surface area contributed by atoms with Crippen LogP contribution in [-0.4, -0.2) is 29.7 Å². The zero-order valence-electron chi connectivity index (χ0n) is 20.8. The summed E-state index contributed by atoms with van der Waals surface area (Å²) in [4.78, 5) is 41.4. The molecule has 1 unspecified atom stereocenters. The van der Waals surface area contributed by atoms with E-state index in [9.17, 15) is 14.4 Å². The van der Waals surface area contributed by atoms with Crippen molar-refractivity contribution in [2.75, 3.05) is 12.4 Å². The summed E-state index contributed by atoms with van der Waals surface area (Å²) in [6.45, 7) is 2.34. The SMILES string of the molecule is Cc1ccc(NC(=O)C(OC(=O)c2ccccc2C(=O)N(C)Cc2ccccc2)c2ccccc2)cc1. The number of anilines is 1. The summed E-state index contributed by atoms with van der Waals surface area (Å²) in [5.74, 6) is -1.57. The van der Waals surface area contributed by atoms with Crippen LogP contribution in [-0.2, 0) is 16.1 Å². The summed E-state index contributed by atoms with van der Waals surface area (Å²) in [6, 6.07) is 32.2. The Kier molecular flexibility index (Phi) is 8.11. The molecular weight excluding hydrogens is 464 g/mol. The van der Waals surface area contributed by atoms with E-state index in [4.69, 9.17) is 4.74 Å². The van der Waals surface area contributed by atoms with E-state index >= 15 is 0 Å². The second-order valence-electron chi connectivity index (χ2n) is 8.74. The first-order valence-corrected chi connectivity index (χ1v) is 11.9. The van der Waals surface area contributed by atoms with Crippen molar-refractivity contribution in [1.29, 1.82) is 0 Å². The summed E-state index contributed by atoms with van der Waals surface area (Å²) in [5, 5.41) is 2.82. The van der Waals surface area contributed by atoms with Crippen LogP contribution in [0.1, 0.15) is 43.5 Å². The van der Waals surface area contributed by atoms with Gasteiger partial charge in [0, 0.05) is 24.8 Å². The van der Waals surface area contributed by atoms with Crippen LogP contribution in [0.25, 0.3) is 0 Å². The average molecular weight is 493 g/mol. The van der Waals surface area contributed by atoms with Gasteiger partial charge in [-0.05, 0) is 36.8 Å². The molecule has 2 amide bonds. The number of carbonyl (C=O) groups excluding carboxylic acids is 3. The van der Waals surface area contributed by atoms with Crippen LogP contribution in [0, 0.1) is 6.92 Å². The normalized spacial score (nSPS) is 11.3. The molecule has 0 saturated carbocycles. The van der Waals surface area contributed by atoms with Crippen molar-refractivity contribution in [2.45, 2.75) is 19.6 Å². The molecule has 4 aromatic carbocycles. The Labute approximate surface area is 216 Å². The first-order valence-electron chi connectivity index (χ1n) is 11.9. The third-order valence-electron chi connectivity index (χ3n) is 5.87. The summed E-state index contributed by atoms with van der Waals surface area (Å²) in [5.41, 5.74) is 3.43. The minimum atomic E-state index is -1.21. The largest absolute Gasteiger partial charge is 0.444 e. The third kappa shape index (κ3) is 6.49. The van der Waals surface area contributed by atoms with Crippen LogP contribution < -0.4 is 5.32 Å². The van der Waals surface area contributed by atoms with E-state index < -0.39 is 18.0 Å².